The predicted octanol–water partition coefficient (Wildman–Crippen LogP) is 4.47. The summed E-state index contributed by atoms with van der Waals surface area (Å²) in [6.07, 6.45) is 6.28. The summed E-state index contributed by atoms with van der Waals surface area (Å²) in [5.74, 6) is 1.89. The van der Waals surface area contributed by atoms with Gasteiger partial charge in [0.2, 0.25) is 5.91 Å². The quantitative estimate of drug-likeness (QED) is 0.517. The zero-order chi connectivity index (χ0) is 22.1. The summed E-state index contributed by atoms with van der Waals surface area (Å²) in [6, 6.07) is 6.80. The number of aryl methyl sites for hydroxylation is 2. The van der Waals surface area contributed by atoms with Crippen molar-refractivity contribution >= 4 is 39.2 Å². The van der Waals surface area contributed by atoms with Crippen molar-refractivity contribution < 1.29 is 9.18 Å². The fourth-order valence-electron chi connectivity index (χ4n) is 4.90. The van der Waals surface area contributed by atoms with Crippen LogP contribution in [0.1, 0.15) is 47.5 Å². The van der Waals surface area contributed by atoms with E-state index < -0.39 is 0 Å². The van der Waals surface area contributed by atoms with Crippen molar-refractivity contribution in [2.45, 2.75) is 56.7 Å². The van der Waals surface area contributed by atoms with Crippen molar-refractivity contribution in [1.82, 2.24) is 14.9 Å². The lowest BCUT2D eigenvalue weighted by molar-refractivity contribution is -0.131. The molecule has 8 heteroatoms. The van der Waals surface area contributed by atoms with Crippen molar-refractivity contribution in [2.24, 2.45) is 0 Å². The second kappa shape index (κ2) is 9.35. The summed E-state index contributed by atoms with van der Waals surface area (Å²) in [4.78, 5) is 37.1. The molecule has 1 aliphatic heterocycles. The minimum atomic E-state index is -0.230. The third-order valence-corrected chi connectivity index (χ3v) is 8.54. The molecule has 5 rings (SSSR count). The number of H-pyrrole nitrogens is 1. The van der Waals surface area contributed by atoms with Crippen LogP contribution in [0, 0.1) is 5.82 Å². The van der Waals surface area contributed by atoms with Crippen LogP contribution in [0.25, 0.3) is 10.2 Å². The number of nitrogens with zero attached hydrogens (tertiary/aromatic N) is 2. The van der Waals surface area contributed by atoms with Gasteiger partial charge in [-0.2, -0.15) is 11.8 Å². The third kappa shape index (κ3) is 4.48. The first-order chi connectivity index (χ1) is 15.6. The van der Waals surface area contributed by atoms with Gasteiger partial charge in [-0.15, -0.1) is 11.3 Å². The lowest BCUT2D eigenvalue weighted by atomic mass is 10.0. The Labute approximate surface area is 194 Å². The molecule has 2 aliphatic rings. The lowest BCUT2D eigenvalue weighted by Crippen LogP contribution is -2.37. The summed E-state index contributed by atoms with van der Waals surface area (Å²) in [5, 5.41) is 0.782. The molecule has 1 saturated heterocycles. The van der Waals surface area contributed by atoms with Gasteiger partial charge >= 0.3 is 0 Å². The van der Waals surface area contributed by atoms with E-state index in [4.69, 9.17) is 0 Å². The number of hydrogen-bond donors (Lipinski definition) is 1. The number of rotatable bonds is 7. The van der Waals surface area contributed by atoms with Crippen LogP contribution < -0.4 is 5.56 Å². The standard InChI is InChI=1S/C24H26FN3O2S2/c25-16-5-1-4-15(12-16)13-17-6-3-10-28(17)21(29)9-11-31-14-20-26-23(30)22-18-7-2-8-19(18)32-24(22)27-20/h1,4-5,12,17H,2-3,6-11,13-14H2,(H,26,27,30). The Morgan fingerprint density at radius 1 is 1.31 bits per heavy atom. The summed E-state index contributed by atoms with van der Waals surface area (Å²) in [7, 11) is 0. The minimum absolute atomic E-state index is 0.0293. The average molecular weight is 472 g/mol. The number of hydrogen-bond acceptors (Lipinski definition) is 5. The molecule has 1 unspecified atom stereocenters. The molecule has 1 amide bonds. The maximum absolute atomic E-state index is 13.5. The number of thiophene rings is 1. The second-order valence-electron chi connectivity index (χ2n) is 8.57. The van der Waals surface area contributed by atoms with Crippen molar-refractivity contribution in [1.29, 1.82) is 0 Å². The summed E-state index contributed by atoms with van der Waals surface area (Å²) < 4.78 is 13.5. The van der Waals surface area contributed by atoms with Crippen molar-refractivity contribution in [3.05, 3.63) is 62.3 Å². The van der Waals surface area contributed by atoms with E-state index in [1.54, 1.807) is 35.2 Å². The molecule has 32 heavy (non-hydrogen) atoms. The molecule has 2 aromatic heterocycles. The number of benzene rings is 1. The molecule has 1 atom stereocenters. The Kier molecular flexibility index (Phi) is 6.33. The van der Waals surface area contributed by atoms with Crippen LogP contribution in [0.4, 0.5) is 4.39 Å². The van der Waals surface area contributed by atoms with E-state index in [9.17, 15) is 14.0 Å². The molecule has 3 aromatic rings. The SMILES string of the molecule is O=C(CCSCc1nc2sc3c(c2c(=O)[nH]1)CCC3)N1CCCC1Cc1cccc(F)c1. The number of aromatic nitrogens is 2. The molecule has 3 heterocycles. The molecule has 5 nitrogen and oxygen atoms in total. The Morgan fingerprint density at radius 3 is 3.09 bits per heavy atom. The van der Waals surface area contributed by atoms with Crippen molar-refractivity contribution in [3.8, 4) is 0 Å². The Hall–Kier alpha value is -2.19. The highest BCUT2D eigenvalue weighted by atomic mass is 32.2. The van der Waals surface area contributed by atoms with Gasteiger partial charge in [0.1, 0.15) is 16.5 Å². The number of amides is 1. The molecule has 1 aliphatic carbocycles. The molecule has 0 bridgehead atoms. The molecular formula is C24H26FN3O2S2. The largest absolute Gasteiger partial charge is 0.339 e. The normalized spacial score (nSPS) is 17.9. The summed E-state index contributed by atoms with van der Waals surface area (Å²) in [5.41, 5.74) is 2.11. The number of aromatic amines is 1. The number of carbonyl (C=O) groups excluding carboxylic acids is 1. The van der Waals surface area contributed by atoms with Gasteiger partial charge in [-0.1, -0.05) is 12.1 Å². The van der Waals surface area contributed by atoms with Crippen LogP contribution in [0.5, 0.6) is 0 Å². The first-order valence-electron chi connectivity index (χ1n) is 11.2. The fourth-order valence-corrected chi connectivity index (χ4v) is 6.97. The van der Waals surface area contributed by atoms with Crippen LogP contribution in [-0.2, 0) is 29.8 Å². The van der Waals surface area contributed by atoms with E-state index in [2.05, 4.69) is 9.97 Å². The summed E-state index contributed by atoms with van der Waals surface area (Å²) >= 11 is 3.28. The van der Waals surface area contributed by atoms with Crippen LogP contribution in [-0.4, -0.2) is 39.1 Å². The highest BCUT2D eigenvalue weighted by molar-refractivity contribution is 7.98. The van der Waals surface area contributed by atoms with E-state index >= 15 is 0 Å². The smallest absolute Gasteiger partial charge is 0.259 e. The topological polar surface area (TPSA) is 66.1 Å². The number of likely N-dealkylation sites (tertiary alicyclic amines) is 1. The molecule has 0 radical (unpaired) electrons. The van der Waals surface area contributed by atoms with Crippen LogP contribution in [0.15, 0.2) is 29.1 Å². The first-order valence-corrected chi connectivity index (χ1v) is 13.2. The van der Waals surface area contributed by atoms with Crippen LogP contribution in [0.3, 0.4) is 0 Å². The van der Waals surface area contributed by atoms with Gasteiger partial charge in [0, 0.05) is 29.6 Å². The molecule has 1 N–H and O–H groups in total. The van der Waals surface area contributed by atoms with Gasteiger partial charge in [-0.3, -0.25) is 9.59 Å². The van der Waals surface area contributed by atoms with Gasteiger partial charge in [-0.25, -0.2) is 9.37 Å². The van der Waals surface area contributed by atoms with Crippen molar-refractivity contribution in [3.63, 3.8) is 0 Å². The van der Waals surface area contributed by atoms with Gasteiger partial charge < -0.3 is 9.88 Å². The zero-order valence-corrected chi connectivity index (χ0v) is 19.5. The minimum Gasteiger partial charge on any atom is -0.339 e. The molecular weight excluding hydrogens is 445 g/mol. The van der Waals surface area contributed by atoms with Gasteiger partial charge in [-0.05, 0) is 61.8 Å². The number of fused-ring (bicyclic) bond motifs is 3. The van der Waals surface area contributed by atoms with E-state index in [0.29, 0.717) is 30.2 Å². The Morgan fingerprint density at radius 2 is 2.22 bits per heavy atom. The van der Waals surface area contributed by atoms with E-state index in [1.165, 1.54) is 16.5 Å². The maximum atomic E-state index is 13.5. The molecule has 0 saturated carbocycles. The monoisotopic (exact) mass is 471 g/mol. The van der Waals surface area contributed by atoms with E-state index in [0.717, 1.165) is 54.4 Å². The molecule has 1 fully saturated rings. The molecule has 0 spiro atoms. The second-order valence-corrected chi connectivity index (χ2v) is 10.8. The predicted molar refractivity (Wildman–Crippen MR) is 128 cm³/mol. The Bertz CT molecular complexity index is 1210. The Balaban J connectivity index is 1.14. The number of carbonyl (C=O) groups is 1. The van der Waals surface area contributed by atoms with Crippen molar-refractivity contribution in [2.75, 3.05) is 12.3 Å². The highest BCUT2D eigenvalue weighted by Gasteiger charge is 2.28. The third-order valence-electron chi connectivity index (χ3n) is 6.38. The lowest BCUT2D eigenvalue weighted by Gasteiger charge is -2.25. The zero-order valence-electron chi connectivity index (χ0n) is 17.9. The average Bonchev–Trinajstić information content (AvgIpc) is 3.47. The van der Waals surface area contributed by atoms with Gasteiger partial charge in [0.15, 0.2) is 0 Å². The summed E-state index contributed by atoms with van der Waals surface area (Å²) in [6.45, 7) is 0.776. The molecule has 168 valence electrons. The number of thioether (sulfide) groups is 1. The van der Waals surface area contributed by atoms with Crippen LogP contribution >= 0.6 is 23.1 Å². The van der Waals surface area contributed by atoms with Gasteiger partial charge in [0.25, 0.3) is 5.56 Å². The highest BCUT2D eigenvalue weighted by Crippen LogP contribution is 2.34. The number of halogens is 1. The van der Waals surface area contributed by atoms with E-state index in [1.807, 2.05) is 11.0 Å². The number of nitrogens with one attached hydrogen (secondary N) is 1. The maximum Gasteiger partial charge on any atom is 0.259 e. The van der Waals surface area contributed by atoms with Crippen LogP contribution in [0.2, 0.25) is 0 Å². The first kappa shape index (κ1) is 21.6. The molecule has 1 aromatic carbocycles. The fraction of sp³-hybridized carbons (Fsp3) is 0.458. The van der Waals surface area contributed by atoms with Gasteiger partial charge in [0.05, 0.1) is 11.1 Å². The van der Waals surface area contributed by atoms with E-state index in [-0.39, 0.29) is 23.3 Å².